The van der Waals surface area contributed by atoms with E-state index in [1.54, 1.807) is 49.5 Å². The Kier molecular flexibility index (Phi) is 3.65. The number of benzene rings is 1. The summed E-state index contributed by atoms with van der Waals surface area (Å²) in [4.78, 5) is 16.1. The summed E-state index contributed by atoms with van der Waals surface area (Å²) >= 11 is 0. The number of aromatic nitrogens is 3. The predicted molar refractivity (Wildman–Crippen MR) is 80.4 cm³/mol. The first kappa shape index (κ1) is 13.9. The lowest BCUT2D eigenvalue weighted by Gasteiger charge is -2.09. The van der Waals surface area contributed by atoms with Crippen molar-refractivity contribution in [1.82, 2.24) is 14.8 Å². The summed E-state index contributed by atoms with van der Waals surface area (Å²) in [6, 6.07) is 11.3. The fourth-order valence-electron chi connectivity index (χ4n) is 2.08. The normalized spacial score (nSPS) is 10.5. The first-order valence-electron chi connectivity index (χ1n) is 6.68. The molecule has 2 aromatic heterocycles. The molecule has 0 unspecified atom stereocenters. The summed E-state index contributed by atoms with van der Waals surface area (Å²) in [5.74, 6) is -0.343. The molecular formula is C16H13FN4O. The zero-order valence-electron chi connectivity index (χ0n) is 11.8. The number of anilines is 1. The van der Waals surface area contributed by atoms with Gasteiger partial charge in [0, 0.05) is 18.5 Å². The SMILES string of the molecule is Cc1cc(NC(=O)c2cccnc2)n(-c2ccccc2F)n1. The van der Waals surface area contributed by atoms with E-state index in [2.05, 4.69) is 15.4 Å². The average molecular weight is 296 g/mol. The number of halogens is 1. The van der Waals surface area contributed by atoms with Gasteiger partial charge in [-0.15, -0.1) is 0 Å². The molecule has 5 nitrogen and oxygen atoms in total. The molecule has 0 fully saturated rings. The summed E-state index contributed by atoms with van der Waals surface area (Å²) in [5, 5.41) is 6.96. The predicted octanol–water partition coefficient (Wildman–Crippen LogP) is 2.97. The molecule has 1 amide bonds. The number of amides is 1. The molecule has 0 aliphatic rings. The molecule has 0 atom stereocenters. The lowest BCUT2D eigenvalue weighted by molar-refractivity contribution is 0.102. The highest BCUT2D eigenvalue weighted by Gasteiger charge is 2.14. The van der Waals surface area contributed by atoms with Gasteiger partial charge in [-0.1, -0.05) is 12.1 Å². The van der Waals surface area contributed by atoms with Gasteiger partial charge < -0.3 is 5.32 Å². The molecule has 22 heavy (non-hydrogen) atoms. The van der Waals surface area contributed by atoms with E-state index in [1.807, 2.05) is 0 Å². The maximum atomic E-state index is 13.9. The van der Waals surface area contributed by atoms with Gasteiger partial charge in [-0.25, -0.2) is 9.07 Å². The maximum Gasteiger partial charge on any atom is 0.258 e. The number of carbonyl (C=O) groups excluding carboxylic acids is 1. The van der Waals surface area contributed by atoms with Crippen LogP contribution < -0.4 is 5.32 Å². The minimum atomic E-state index is -0.414. The van der Waals surface area contributed by atoms with Crippen molar-refractivity contribution in [2.45, 2.75) is 6.92 Å². The van der Waals surface area contributed by atoms with Gasteiger partial charge in [0.05, 0.1) is 11.3 Å². The van der Waals surface area contributed by atoms with Crippen LogP contribution in [-0.4, -0.2) is 20.7 Å². The number of hydrogen-bond donors (Lipinski definition) is 1. The third-order valence-corrected chi connectivity index (χ3v) is 3.08. The molecule has 6 heteroatoms. The van der Waals surface area contributed by atoms with Gasteiger partial charge in [-0.2, -0.15) is 5.10 Å². The van der Waals surface area contributed by atoms with E-state index in [0.717, 1.165) is 0 Å². The molecule has 0 aliphatic carbocycles. The molecule has 0 saturated heterocycles. The number of rotatable bonds is 3. The Morgan fingerprint density at radius 2 is 2.05 bits per heavy atom. The first-order valence-corrected chi connectivity index (χ1v) is 6.68. The molecule has 110 valence electrons. The highest BCUT2D eigenvalue weighted by Crippen LogP contribution is 2.20. The summed E-state index contributed by atoms with van der Waals surface area (Å²) < 4.78 is 15.3. The highest BCUT2D eigenvalue weighted by atomic mass is 19.1. The topological polar surface area (TPSA) is 59.8 Å². The highest BCUT2D eigenvalue weighted by molar-refractivity contribution is 6.03. The molecule has 2 heterocycles. The molecule has 3 rings (SSSR count). The first-order chi connectivity index (χ1) is 10.6. The number of pyridine rings is 1. The van der Waals surface area contributed by atoms with Crippen molar-refractivity contribution < 1.29 is 9.18 Å². The second kappa shape index (κ2) is 5.77. The molecule has 1 N–H and O–H groups in total. The van der Waals surface area contributed by atoms with Gasteiger partial charge in [0.25, 0.3) is 5.91 Å². The van der Waals surface area contributed by atoms with Crippen LogP contribution in [0.1, 0.15) is 16.1 Å². The maximum absolute atomic E-state index is 13.9. The Morgan fingerprint density at radius 3 is 2.77 bits per heavy atom. The van der Waals surface area contributed by atoms with Gasteiger partial charge in [0.2, 0.25) is 0 Å². The van der Waals surface area contributed by atoms with Crippen molar-refractivity contribution >= 4 is 11.7 Å². The summed E-state index contributed by atoms with van der Waals surface area (Å²) in [5.41, 5.74) is 1.36. The van der Waals surface area contributed by atoms with Crippen LogP contribution in [0.2, 0.25) is 0 Å². The third kappa shape index (κ3) is 2.71. The van der Waals surface area contributed by atoms with Crippen molar-refractivity contribution in [3.8, 4) is 5.69 Å². The molecule has 0 bridgehead atoms. The minimum absolute atomic E-state index is 0.275. The van der Waals surface area contributed by atoms with Crippen molar-refractivity contribution in [3.63, 3.8) is 0 Å². The number of nitrogens with one attached hydrogen (secondary N) is 1. The Bertz CT molecular complexity index is 814. The Morgan fingerprint density at radius 1 is 1.23 bits per heavy atom. The van der Waals surface area contributed by atoms with Crippen molar-refractivity contribution in [1.29, 1.82) is 0 Å². The van der Waals surface area contributed by atoms with Crippen LogP contribution in [-0.2, 0) is 0 Å². The molecular weight excluding hydrogens is 283 g/mol. The number of para-hydroxylation sites is 1. The lowest BCUT2D eigenvalue weighted by atomic mass is 10.2. The van der Waals surface area contributed by atoms with Crippen LogP contribution in [0.3, 0.4) is 0 Å². The standard InChI is InChI=1S/C16H13FN4O/c1-11-9-15(19-16(22)12-5-4-8-18-10-12)21(20-11)14-7-3-2-6-13(14)17/h2-10H,1H3,(H,19,22). The third-order valence-electron chi connectivity index (χ3n) is 3.08. The molecule has 0 radical (unpaired) electrons. The van der Waals surface area contributed by atoms with E-state index in [9.17, 15) is 9.18 Å². The van der Waals surface area contributed by atoms with E-state index >= 15 is 0 Å². The second-order valence-electron chi connectivity index (χ2n) is 4.73. The summed E-state index contributed by atoms with van der Waals surface area (Å²) in [6.45, 7) is 1.77. The molecule has 3 aromatic rings. The minimum Gasteiger partial charge on any atom is -0.306 e. The van der Waals surface area contributed by atoms with Crippen LogP contribution in [0.5, 0.6) is 0 Å². The molecule has 0 saturated carbocycles. The van der Waals surface area contributed by atoms with Crippen LogP contribution >= 0.6 is 0 Å². The summed E-state index contributed by atoms with van der Waals surface area (Å²) in [6.07, 6.45) is 3.05. The Labute approximate surface area is 126 Å². The van der Waals surface area contributed by atoms with Crippen LogP contribution in [0.4, 0.5) is 10.2 Å². The number of hydrogen-bond acceptors (Lipinski definition) is 3. The largest absolute Gasteiger partial charge is 0.306 e. The second-order valence-corrected chi connectivity index (χ2v) is 4.73. The monoisotopic (exact) mass is 296 g/mol. The molecule has 0 aliphatic heterocycles. The van der Waals surface area contributed by atoms with E-state index in [-0.39, 0.29) is 11.6 Å². The number of aryl methyl sites for hydroxylation is 1. The van der Waals surface area contributed by atoms with E-state index in [0.29, 0.717) is 17.1 Å². The fourth-order valence-corrected chi connectivity index (χ4v) is 2.08. The zero-order chi connectivity index (χ0) is 15.5. The van der Waals surface area contributed by atoms with Crippen molar-refractivity contribution in [2.75, 3.05) is 5.32 Å². The smallest absolute Gasteiger partial charge is 0.258 e. The van der Waals surface area contributed by atoms with Crippen molar-refractivity contribution in [3.05, 3.63) is 71.9 Å². The van der Waals surface area contributed by atoms with Gasteiger partial charge >= 0.3 is 0 Å². The molecule has 0 spiro atoms. The van der Waals surface area contributed by atoms with Crippen LogP contribution in [0.15, 0.2) is 54.9 Å². The lowest BCUT2D eigenvalue weighted by Crippen LogP contribution is -2.15. The van der Waals surface area contributed by atoms with E-state index in [1.165, 1.54) is 16.9 Å². The zero-order valence-corrected chi connectivity index (χ0v) is 11.8. The number of carbonyl (C=O) groups is 1. The van der Waals surface area contributed by atoms with E-state index < -0.39 is 5.82 Å². The van der Waals surface area contributed by atoms with Gasteiger partial charge in [0.15, 0.2) is 0 Å². The number of nitrogens with zero attached hydrogens (tertiary/aromatic N) is 3. The average Bonchev–Trinajstić information content (AvgIpc) is 2.89. The van der Waals surface area contributed by atoms with Gasteiger partial charge in [0.1, 0.15) is 17.3 Å². The molecule has 1 aromatic carbocycles. The van der Waals surface area contributed by atoms with Gasteiger partial charge in [-0.3, -0.25) is 9.78 Å². The van der Waals surface area contributed by atoms with Gasteiger partial charge in [-0.05, 0) is 31.2 Å². The van der Waals surface area contributed by atoms with E-state index in [4.69, 9.17) is 0 Å². The van der Waals surface area contributed by atoms with Crippen LogP contribution in [0.25, 0.3) is 5.69 Å². The Hall–Kier alpha value is -3.02. The summed E-state index contributed by atoms with van der Waals surface area (Å²) in [7, 11) is 0. The van der Waals surface area contributed by atoms with Crippen molar-refractivity contribution in [2.24, 2.45) is 0 Å². The fraction of sp³-hybridized carbons (Fsp3) is 0.0625. The van der Waals surface area contributed by atoms with Crippen LogP contribution in [0, 0.1) is 12.7 Å². The quantitative estimate of drug-likeness (QED) is 0.808. The Balaban J connectivity index is 1.96.